The summed E-state index contributed by atoms with van der Waals surface area (Å²) in [6.07, 6.45) is 0.0438. The molecule has 2 N–H and O–H groups in total. The largest absolute Gasteiger partial charge is 0.466 e. The maximum absolute atomic E-state index is 11.2. The van der Waals surface area contributed by atoms with E-state index in [9.17, 15) is 9.59 Å². The van der Waals surface area contributed by atoms with E-state index in [1.165, 1.54) is 7.85 Å². The summed E-state index contributed by atoms with van der Waals surface area (Å²) in [5.74, 6) is -0.633. The van der Waals surface area contributed by atoms with E-state index in [0.717, 1.165) is 12.0 Å². The minimum absolute atomic E-state index is 0.0438. The number of esters is 1. The van der Waals surface area contributed by atoms with Crippen LogP contribution in [0.1, 0.15) is 13.3 Å². The van der Waals surface area contributed by atoms with Gasteiger partial charge >= 0.3 is 5.97 Å². The fraction of sp³-hybridized carbons (Fsp3) is 0.714. The lowest BCUT2D eigenvalue weighted by molar-refractivity contribution is -0.432. The third-order valence-electron chi connectivity index (χ3n) is 1.48. The van der Waals surface area contributed by atoms with Crippen molar-refractivity contribution in [3.8, 4) is 0 Å². The van der Waals surface area contributed by atoms with E-state index >= 15 is 0 Å². The van der Waals surface area contributed by atoms with Crippen molar-refractivity contribution in [2.75, 3.05) is 13.2 Å². The average molecular weight is 251 g/mol. The predicted molar refractivity (Wildman–Crippen MR) is 59.4 cm³/mol. The van der Waals surface area contributed by atoms with E-state index in [2.05, 4.69) is 14.7 Å². The molecule has 0 rings (SSSR count). The van der Waals surface area contributed by atoms with Crippen molar-refractivity contribution in [2.45, 2.75) is 18.6 Å². The monoisotopic (exact) mass is 251 g/mol. The Morgan fingerprint density at radius 3 is 2.75 bits per heavy atom. The Bertz CT molecular complexity index is 229. The molecule has 0 bridgehead atoms. The number of hydrogen-bond donors (Lipinski definition) is 2. The van der Waals surface area contributed by atoms with Crippen molar-refractivity contribution in [3.63, 3.8) is 0 Å². The van der Waals surface area contributed by atoms with Crippen LogP contribution in [0.15, 0.2) is 0 Å². The van der Waals surface area contributed by atoms with Crippen LogP contribution < -0.4 is 5.32 Å². The third kappa shape index (κ3) is 8.54. The second-order valence-corrected chi connectivity index (χ2v) is 3.80. The lowest BCUT2D eigenvalue weighted by atomic mass is 10.1. The van der Waals surface area contributed by atoms with Crippen molar-refractivity contribution < 1.29 is 29.0 Å². The summed E-state index contributed by atoms with van der Waals surface area (Å²) in [4.78, 5) is 21.8. The highest BCUT2D eigenvalue weighted by molar-refractivity contribution is 7.95. The Morgan fingerprint density at radius 1 is 1.56 bits per heavy atom. The molecule has 1 atom stereocenters. The molecule has 0 aliphatic heterocycles. The zero-order valence-electron chi connectivity index (χ0n) is 9.10. The number of hydrogen-bond acceptors (Lipinski definition) is 7. The van der Waals surface area contributed by atoms with Gasteiger partial charge in [0.25, 0.3) is 0 Å². The van der Waals surface area contributed by atoms with Gasteiger partial charge in [-0.05, 0) is 6.92 Å². The van der Waals surface area contributed by atoms with Crippen LogP contribution in [-0.2, 0) is 18.9 Å². The highest BCUT2D eigenvalue weighted by Gasteiger charge is 2.17. The summed E-state index contributed by atoms with van der Waals surface area (Å²) in [5, 5.41) is 13.5. The Hall–Kier alpha value is -0.765. The molecule has 0 saturated carbocycles. The minimum Gasteiger partial charge on any atom is -0.466 e. The Kier molecular flexibility index (Phi) is 9.01. The Morgan fingerprint density at radius 2 is 2.25 bits per heavy atom. The quantitative estimate of drug-likeness (QED) is 0.201. The Balaban J connectivity index is 3.97. The molecule has 0 aliphatic rings. The van der Waals surface area contributed by atoms with Crippen molar-refractivity contribution >= 4 is 31.7 Å². The molecule has 0 heterocycles. The van der Waals surface area contributed by atoms with E-state index < -0.39 is 11.2 Å². The van der Waals surface area contributed by atoms with Crippen LogP contribution in [0.3, 0.4) is 0 Å². The fourth-order valence-electron chi connectivity index (χ4n) is 0.877. The second kappa shape index (κ2) is 9.46. The van der Waals surface area contributed by atoms with Gasteiger partial charge in [0.2, 0.25) is 7.85 Å². The summed E-state index contributed by atoms with van der Waals surface area (Å²) < 4.78 is 8.96. The second-order valence-electron chi connectivity index (χ2n) is 2.81. The topological polar surface area (TPSA) is 94.1 Å². The number of carbonyl (C=O) groups excluding carboxylic acids is 2. The van der Waals surface area contributed by atoms with Crippen molar-refractivity contribution in [3.05, 3.63) is 0 Å². The molecule has 0 saturated heterocycles. The molecule has 92 valence electrons. The van der Waals surface area contributed by atoms with Gasteiger partial charge in [-0.25, -0.2) is 5.26 Å². The normalized spacial score (nSPS) is 11.9. The third-order valence-corrected chi connectivity index (χ3v) is 2.23. The lowest BCUT2D eigenvalue weighted by Crippen LogP contribution is -2.31. The van der Waals surface area contributed by atoms with Gasteiger partial charge in [0.15, 0.2) is 5.81 Å². The van der Waals surface area contributed by atoms with Crippen molar-refractivity contribution in [1.29, 1.82) is 0 Å². The lowest BCUT2D eigenvalue weighted by Gasteiger charge is -2.13. The van der Waals surface area contributed by atoms with Crippen molar-refractivity contribution in [1.82, 2.24) is 5.32 Å². The number of ether oxygens (including phenoxy) is 1. The summed E-state index contributed by atoms with van der Waals surface area (Å²) >= 11 is 0.730. The number of rotatable bonds is 8. The highest BCUT2D eigenvalue weighted by atomic mass is 32.2. The number of nitrogens with one attached hydrogen (secondary N) is 1. The van der Waals surface area contributed by atoms with Crippen LogP contribution in [0.2, 0.25) is 0 Å². The van der Waals surface area contributed by atoms with Gasteiger partial charge in [-0.2, -0.15) is 0 Å². The van der Waals surface area contributed by atoms with Gasteiger partial charge in [0.05, 0.1) is 18.3 Å². The average Bonchev–Trinajstić information content (AvgIpc) is 2.22. The van der Waals surface area contributed by atoms with Gasteiger partial charge < -0.3 is 10.1 Å². The smallest absolute Gasteiger partial charge is 0.307 e. The molecule has 9 heteroatoms. The van der Waals surface area contributed by atoms with E-state index in [1.807, 2.05) is 0 Å². The zero-order chi connectivity index (χ0) is 12.4. The SMILES string of the molecule is BC(=O)NCC(CC(=O)OCC)SOOO. The van der Waals surface area contributed by atoms with E-state index in [1.54, 1.807) is 6.92 Å². The van der Waals surface area contributed by atoms with E-state index in [0.29, 0.717) is 0 Å². The first kappa shape index (κ1) is 15.2. The molecule has 0 radical (unpaired) electrons. The molecule has 0 aliphatic carbocycles. The molecule has 0 fully saturated rings. The summed E-state index contributed by atoms with van der Waals surface area (Å²) in [6.45, 7) is 2.19. The Labute approximate surface area is 98.3 Å². The van der Waals surface area contributed by atoms with E-state index in [-0.39, 0.29) is 25.4 Å². The molecule has 0 aromatic heterocycles. The first-order valence-corrected chi connectivity index (χ1v) is 5.44. The van der Waals surface area contributed by atoms with Gasteiger partial charge in [0, 0.05) is 18.6 Å². The molecular formula is C7H14BNO6S. The van der Waals surface area contributed by atoms with Crippen LogP contribution in [0.4, 0.5) is 4.79 Å². The van der Waals surface area contributed by atoms with Gasteiger partial charge in [-0.1, -0.05) is 5.04 Å². The molecule has 7 nitrogen and oxygen atoms in total. The summed E-state index contributed by atoms with van der Waals surface area (Å²) in [5.41, 5.74) is 0. The summed E-state index contributed by atoms with van der Waals surface area (Å²) in [6, 6.07) is 0. The molecule has 16 heavy (non-hydrogen) atoms. The first-order chi connectivity index (χ1) is 7.60. The van der Waals surface area contributed by atoms with Gasteiger partial charge in [-0.3, -0.25) is 9.59 Å². The van der Waals surface area contributed by atoms with Crippen LogP contribution in [0.5, 0.6) is 0 Å². The van der Waals surface area contributed by atoms with Gasteiger partial charge in [0.1, 0.15) is 0 Å². The summed E-state index contributed by atoms with van der Waals surface area (Å²) in [7, 11) is 1.36. The number of amides is 1. The molecular weight excluding hydrogens is 237 g/mol. The molecule has 0 spiro atoms. The van der Waals surface area contributed by atoms with Crippen LogP contribution in [0, 0.1) is 0 Å². The predicted octanol–water partition coefficient (Wildman–Crippen LogP) is -0.280. The highest BCUT2D eigenvalue weighted by Crippen LogP contribution is 2.16. The maximum atomic E-state index is 11.2. The minimum atomic E-state index is -0.410. The van der Waals surface area contributed by atoms with Crippen LogP contribution in [-0.4, -0.2) is 43.3 Å². The molecule has 1 amide bonds. The molecule has 0 aromatic carbocycles. The van der Waals surface area contributed by atoms with Crippen molar-refractivity contribution in [2.24, 2.45) is 0 Å². The van der Waals surface area contributed by atoms with Crippen LogP contribution in [0.25, 0.3) is 0 Å². The molecule has 0 aromatic rings. The first-order valence-electron chi connectivity index (χ1n) is 4.63. The fourth-order valence-corrected chi connectivity index (χ4v) is 1.38. The van der Waals surface area contributed by atoms with Crippen LogP contribution >= 0.6 is 12.0 Å². The van der Waals surface area contributed by atoms with E-state index in [4.69, 9.17) is 9.99 Å². The zero-order valence-corrected chi connectivity index (χ0v) is 9.91. The maximum Gasteiger partial charge on any atom is 0.307 e. The standard InChI is InChI=1S/C7H14BNO6S/c1-2-13-6(10)3-5(16-15-14-12)4-9-7(8)11/h5,12H,2-4,8H2,1H3,(H,9,11). The number of carbonyl (C=O) groups is 2. The van der Waals surface area contributed by atoms with Gasteiger partial charge in [-0.15, -0.1) is 4.33 Å². The molecule has 1 unspecified atom stereocenters.